The molecule has 1 aromatic rings. The third-order valence-corrected chi connectivity index (χ3v) is 2.88. The second-order valence-corrected chi connectivity index (χ2v) is 4.48. The van der Waals surface area contributed by atoms with Crippen molar-refractivity contribution in [3.05, 3.63) is 28.2 Å². The number of nitrogens with two attached hydrogens (primary N) is 1. The van der Waals surface area contributed by atoms with Crippen LogP contribution in [0.2, 0.25) is 0 Å². The Balaban J connectivity index is 3.05. The number of benzene rings is 1. The van der Waals surface area contributed by atoms with Gasteiger partial charge in [0.15, 0.2) is 5.84 Å². The molecule has 0 spiro atoms. The number of oxime groups is 1. The number of amidine groups is 1. The average Bonchev–Trinajstić information content (AvgIpc) is 2.34. The maximum Gasteiger partial charge on any atom is 0.172 e. The number of hydrogen-bond acceptors (Lipinski definition) is 4. The van der Waals surface area contributed by atoms with Crippen LogP contribution in [0.25, 0.3) is 0 Å². The van der Waals surface area contributed by atoms with Gasteiger partial charge in [-0.25, -0.2) is 0 Å². The normalized spacial score (nSPS) is 11.6. The Morgan fingerprint density at radius 1 is 1.59 bits per heavy atom. The number of rotatable bonds is 5. The first-order valence-corrected chi connectivity index (χ1v) is 5.87. The zero-order valence-electron chi connectivity index (χ0n) is 9.85. The quantitative estimate of drug-likeness (QED) is 0.375. The number of halogens is 1. The van der Waals surface area contributed by atoms with E-state index in [0.29, 0.717) is 12.2 Å². The molecule has 94 valence electrons. The van der Waals surface area contributed by atoms with Crippen molar-refractivity contribution >= 4 is 27.5 Å². The van der Waals surface area contributed by atoms with E-state index in [4.69, 9.17) is 15.7 Å². The van der Waals surface area contributed by atoms with Crippen molar-refractivity contribution < 1.29 is 9.94 Å². The van der Waals surface area contributed by atoms with Crippen LogP contribution < -0.4 is 10.6 Å². The number of nitrogens with zero attached hydrogens (tertiary/aromatic N) is 2. The Bertz CT molecular complexity index is 410. The van der Waals surface area contributed by atoms with Crippen molar-refractivity contribution in [2.75, 3.05) is 32.2 Å². The number of likely N-dealkylation sites (N-methyl/N-ethyl adjacent to an activating group) is 1. The van der Waals surface area contributed by atoms with Gasteiger partial charge in [-0.3, -0.25) is 0 Å². The fourth-order valence-corrected chi connectivity index (χ4v) is 1.81. The van der Waals surface area contributed by atoms with E-state index in [1.165, 1.54) is 0 Å². The van der Waals surface area contributed by atoms with Gasteiger partial charge >= 0.3 is 0 Å². The molecule has 0 aliphatic rings. The van der Waals surface area contributed by atoms with Gasteiger partial charge in [-0.2, -0.15) is 0 Å². The van der Waals surface area contributed by atoms with Gasteiger partial charge in [0.2, 0.25) is 0 Å². The highest BCUT2D eigenvalue weighted by molar-refractivity contribution is 9.10. The fraction of sp³-hybridized carbons (Fsp3) is 0.364. The Morgan fingerprint density at radius 2 is 2.29 bits per heavy atom. The summed E-state index contributed by atoms with van der Waals surface area (Å²) in [5.74, 6) is 0.0885. The van der Waals surface area contributed by atoms with Crippen LogP contribution in [0.1, 0.15) is 5.56 Å². The van der Waals surface area contributed by atoms with E-state index in [1.54, 1.807) is 7.11 Å². The number of methoxy groups -OCH3 is 1. The standard InChI is InChI=1S/C11H16BrN3O2/c1-15(5-6-17-2)10-4-3-8(12)7-9(10)11(13)14-16/h3-4,7,16H,5-6H2,1-2H3,(H2,13,14). The second-order valence-electron chi connectivity index (χ2n) is 3.56. The molecule has 3 N–H and O–H groups in total. The van der Waals surface area contributed by atoms with Crippen molar-refractivity contribution in [2.45, 2.75) is 0 Å². The van der Waals surface area contributed by atoms with Crippen LogP contribution in [-0.2, 0) is 4.74 Å². The van der Waals surface area contributed by atoms with Crippen molar-refractivity contribution in [1.82, 2.24) is 0 Å². The number of hydrogen-bond donors (Lipinski definition) is 2. The number of ether oxygens (including phenoxy) is 1. The van der Waals surface area contributed by atoms with Gasteiger partial charge in [-0.05, 0) is 18.2 Å². The Labute approximate surface area is 109 Å². The molecule has 0 unspecified atom stereocenters. The minimum absolute atomic E-state index is 0.0885. The summed E-state index contributed by atoms with van der Waals surface area (Å²) < 4.78 is 5.90. The van der Waals surface area contributed by atoms with Crippen molar-refractivity contribution in [2.24, 2.45) is 10.9 Å². The highest BCUT2D eigenvalue weighted by Gasteiger charge is 2.11. The van der Waals surface area contributed by atoms with E-state index in [0.717, 1.165) is 16.7 Å². The van der Waals surface area contributed by atoms with Gasteiger partial charge in [-0.1, -0.05) is 21.1 Å². The summed E-state index contributed by atoms with van der Waals surface area (Å²) in [4.78, 5) is 1.99. The van der Waals surface area contributed by atoms with Crippen LogP contribution in [0.15, 0.2) is 27.8 Å². The maximum absolute atomic E-state index is 8.77. The Kier molecular flexibility index (Phi) is 5.24. The molecule has 1 rings (SSSR count). The molecule has 0 aliphatic carbocycles. The minimum Gasteiger partial charge on any atom is -0.409 e. The summed E-state index contributed by atoms with van der Waals surface area (Å²) in [6, 6.07) is 5.63. The second kappa shape index (κ2) is 6.46. The minimum atomic E-state index is 0.0885. The van der Waals surface area contributed by atoms with Crippen LogP contribution in [0.5, 0.6) is 0 Å². The molecule has 0 aromatic heterocycles. The van der Waals surface area contributed by atoms with Crippen LogP contribution in [0.3, 0.4) is 0 Å². The molecule has 0 saturated heterocycles. The molecule has 6 heteroatoms. The predicted molar refractivity (Wildman–Crippen MR) is 71.8 cm³/mol. The molecule has 0 amide bonds. The van der Waals surface area contributed by atoms with E-state index in [-0.39, 0.29) is 5.84 Å². The summed E-state index contributed by atoms with van der Waals surface area (Å²) in [5, 5.41) is 11.8. The first-order chi connectivity index (χ1) is 8.10. The van der Waals surface area contributed by atoms with Crippen molar-refractivity contribution in [3.63, 3.8) is 0 Å². The molecule has 17 heavy (non-hydrogen) atoms. The lowest BCUT2D eigenvalue weighted by Crippen LogP contribution is -2.26. The first-order valence-electron chi connectivity index (χ1n) is 5.07. The van der Waals surface area contributed by atoms with Gasteiger partial charge in [0.05, 0.1) is 6.61 Å². The third kappa shape index (κ3) is 3.61. The molecular weight excluding hydrogens is 286 g/mol. The lowest BCUT2D eigenvalue weighted by molar-refractivity contribution is 0.206. The van der Waals surface area contributed by atoms with E-state index in [1.807, 2.05) is 30.1 Å². The van der Waals surface area contributed by atoms with Crippen LogP contribution in [0, 0.1) is 0 Å². The van der Waals surface area contributed by atoms with Crippen molar-refractivity contribution in [1.29, 1.82) is 0 Å². The van der Waals surface area contributed by atoms with Gasteiger partial charge in [0.25, 0.3) is 0 Å². The average molecular weight is 302 g/mol. The van der Waals surface area contributed by atoms with E-state index in [2.05, 4.69) is 21.1 Å². The van der Waals surface area contributed by atoms with Crippen LogP contribution >= 0.6 is 15.9 Å². The fourth-order valence-electron chi connectivity index (χ4n) is 1.45. The lowest BCUT2D eigenvalue weighted by Gasteiger charge is -2.21. The molecule has 5 nitrogen and oxygen atoms in total. The van der Waals surface area contributed by atoms with Crippen LogP contribution in [-0.4, -0.2) is 38.4 Å². The molecule has 0 radical (unpaired) electrons. The highest BCUT2D eigenvalue weighted by atomic mass is 79.9. The predicted octanol–water partition coefficient (Wildman–Crippen LogP) is 1.63. The molecule has 0 bridgehead atoms. The summed E-state index contributed by atoms with van der Waals surface area (Å²) in [6.07, 6.45) is 0. The lowest BCUT2D eigenvalue weighted by atomic mass is 10.1. The largest absolute Gasteiger partial charge is 0.409 e. The van der Waals surface area contributed by atoms with Gasteiger partial charge in [0, 0.05) is 36.4 Å². The zero-order valence-corrected chi connectivity index (χ0v) is 11.4. The van der Waals surface area contributed by atoms with E-state index >= 15 is 0 Å². The van der Waals surface area contributed by atoms with Crippen molar-refractivity contribution in [3.8, 4) is 0 Å². The molecule has 1 aromatic carbocycles. The van der Waals surface area contributed by atoms with E-state index in [9.17, 15) is 0 Å². The molecule has 0 aliphatic heterocycles. The Hall–Kier alpha value is -1.27. The summed E-state index contributed by atoms with van der Waals surface area (Å²) in [7, 11) is 3.58. The maximum atomic E-state index is 8.77. The van der Waals surface area contributed by atoms with Gasteiger partial charge < -0.3 is 20.6 Å². The molecule has 0 saturated carbocycles. The van der Waals surface area contributed by atoms with Gasteiger partial charge in [0.1, 0.15) is 0 Å². The topological polar surface area (TPSA) is 71.1 Å². The summed E-state index contributed by atoms with van der Waals surface area (Å²) >= 11 is 3.36. The van der Waals surface area contributed by atoms with Crippen LogP contribution in [0.4, 0.5) is 5.69 Å². The molecular formula is C11H16BrN3O2. The smallest absolute Gasteiger partial charge is 0.172 e. The van der Waals surface area contributed by atoms with Gasteiger partial charge in [-0.15, -0.1) is 0 Å². The summed E-state index contributed by atoms with van der Waals surface area (Å²) in [6.45, 7) is 1.34. The third-order valence-electron chi connectivity index (χ3n) is 2.38. The molecule has 0 heterocycles. The summed E-state index contributed by atoms with van der Waals surface area (Å²) in [5.41, 5.74) is 7.22. The highest BCUT2D eigenvalue weighted by Crippen LogP contribution is 2.23. The number of anilines is 1. The molecule has 0 fully saturated rings. The molecule has 0 atom stereocenters. The SMILES string of the molecule is COCCN(C)c1ccc(Br)cc1/C(N)=N/O. The zero-order chi connectivity index (χ0) is 12.8. The Morgan fingerprint density at radius 3 is 2.88 bits per heavy atom. The monoisotopic (exact) mass is 301 g/mol. The first kappa shape index (κ1) is 13.8. The van der Waals surface area contributed by atoms with E-state index < -0.39 is 0 Å².